The van der Waals surface area contributed by atoms with E-state index in [1.807, 2.05) is 0 Å². The van der Waals surface area contributed by atoms with Gasteiger partial charge in [-0.3, -0.25) is 0 Å². The number of halogens is 1. The number of rotatable bonds is 3. The van der Waals surface area contributed by atoms with Crippen molar-refractivity contribution in [3.8, 4) is 0 Å². The minimum atomic E-state index is -0.283. The molecule has 0 amide bonds. The summed E-state index contributed by atoms with van der Waals surface area (Å²) in [7, 11) is 0. The van der Waals surface area contributed by atoms with Crippen molar-refractivity contribution in [2.75, 3.05) is 0 Å². The molecule has 7 heteroatoms. The SMILES string of the molecule is NSB(SN)[I-]N. The van der Waals surface area contributed by atoms with Crippen LogP contribution < -0.4 is 35.5 Å². The van der Waals surface area contributed by atoms with Crippen molar-refractivity contribution in [3.05, 3.63) is 0 Å². The van der Waals surface area contributed by atoms with Gasteiger partial charge in [0.2, 0.25) is 0 Å². The second-order valence-electron chi connectivity index (χ2n) is 0.673. The van der Waals surface area contributed by atoms with Crippen LogP contribution in [0.1, 0.15) is 0 Å². The zero-order valence-electron chi connectivity index (χ0n) is 3.50. The van der Waals surface area contributed by atoms with E-state index in [4.69, 9.17) is 14.2 Å². The molecule has 0 bridgehead atoms. The molecule has 0 aromatic heterocycles. The zero-order valence-corrected chi connectivity index (χ0v) is 7.29. The summed E-state index contributed by atoms with van der Waals surface area (Å²) in [4.78, 5) is 0. The molecule has 0 heterocycles. The second kappa shape index (κ2) is 5.51. The van der Waals surface area contributed by atoms with Crippen molar-refractivity contribution in [2.24, 2.45) is 14.2 Å². The van der Waals surface area contributed by atoms with Crippen molar-refractivity contribution < 1.29 is 21.3 Å². The van der Waals surface area contributed by atoms with E-state index in [9.17, 15) is 0 Å². The molecule has 44 valence electrons. The first-order valence-corrected chi connectivity index (χ1v) is 5.76. The van der Waals surface area contributed by atoms with Crippen LogP contribution in [-0.2, 0) is 0 Å². The summed E-state index contributed by atoms with van der Waals surface area (Å²) in [5, 5.41) is 10.3. The Kier molecular flexibility index (Phi) is 6.59. The van der Waals surface area contributed by atoms with Crippen LogP contribution in [-0.4, -0.2) is 3.13 Å². The monoisotopic (exact) mass is 250 g/mol. The van der Waals surface area contributed by atoms with E-state index in [1.54, 1.807) is 0 Å². The van der Waals surface area contributed by atoms with Gasteiger partial charge in [-0.05, 0) is 0 Å². The molecule has 7 heavy (non-hydrogen) atoms. The molecule has 0 aromatic rings. The molecule has 0 rings (SSSR count). The van der Waals surface area contributed by atoms with Gasteiger partial charge in [-0.25, -0.2) is 0 Å². The van der Waals surface area contributed by atoms with Gasteiger partial charge in [0.1, 0.15) is 0 Å². The van der Waals surface area contributed by atoms with Crippen molar-refractivity contribution >= 4 is 26.7 Å². The predicted octanol–water partition coefficient (Wildman–Crippen LogP) is -3.85. The standard InChI is InChI=1S/BH6IN3S2/c3-2-1(6-4)7-5/h3-5H2/q-1. The van der Waals surface area contributed by atoms with Crippen LogP contribution in [0, 0.1) is 0 Å². The fourth-order valence-electron chi connectivity index (χ4n) is 0.0915. The van der Waals surface area contributed by atoms with Gasteiger partial charge in [0, 0.05) is 0 Å². The molecule has 0 fully saturated rings. The van der Waals surface area contributed by atoms with Gasteiger partial charge in [-0.2, -0.15) is 0 Å². The maximum atomic E-state index is 5.30. The molecule has 6 N–H and O–H groups in total. The molecular formula is H6BIN3S2-. The molecule has 0 atom stereocenters. The van der Waals surface area contributed by atoms with Crippen molar-refractivity contribution in [3.63, 3.8) is 0 Å². The van der Waals surface area contributed by atoms with E-state index >= 15 is 0 Å². The number of hydrogen-bond acceptors (Lipinski definition) is 5. The molecule has 0 unspecified atom stereocenters. The summed E-state index contributed by atoms with van der Waals surface area (Å²) in [6.07, 6.45) is 0. The average Bonchev–Trinajstić information content (AvgIpc) is 1.72. The molecule has 0 aromatic carbocycles. The fourth-order valence-corrected chi connectivity index (χ4v) is 1.48. The van der Waals surface area contributed by atoms with Crippen molar-refractivity contribution in [1.29, 1.82) is 0 Å². The van der Waals surface area contributed by atoms with Crippen LogP contribution in [0.5, 0.6) is 0 Å². The Morgan fingerprint density at radius 1 is 1.29 bits per heavy atom. The van der Waals surface area contributed by atoms with E-state index in [2.05, 4.69) is 0 Å². The molecule has 0 spiro atoms. The predicted molar refractivity (Wildman–Crippen MR) is 33.5 cm³/mol. The Labute approximate surface area is 62.0 Å². The first-order chi connectivity index (χ1) is 3.35. The first-order valence-electron chi connectivity index (χ1n) is 1.38. The number of nitrogens with two attached hydrogens (primary N) is 3. The molecule has 0 saturated carbocycles. The quantitative estimate of drug-likeness (QED) is 0.207. The summed E-state index contributed by atoms with van der Waals surface area (Å²) in [5.41, 5.74) is 0. The van der Waals surface area contributed by atoms with E-state index in [-0.39, 0.29) is 24.4 Å². The van der Waals surface area contributed by atoms with Gasteiger partial charge in [0.25, 0.3) is 0 Å². The Morgan fingerprint density at radius 3 is 1.71 bits per heavy atom. The van der Waals surface area contributed by atoms with Crippen molar-refractivity contribution in [2.45, 2.75) is 0 Å². The summed E-state index contributed by atoms with van der Waals surface area (Å²) >= 11 is 2.18. The van der Waals surface area contributed by atoms with Crippen molar-refractivity contribution in [1.82, 2.24) is 0 Å². The van der Waals surface area contributed by atoms with Crippen LogP contribution in [0.3, 0.4) is 0 Å². The van der Waals surface area contributed by atoms with Gasteiger partial charge >= 0.3 is 62.2 Å². The molecule has 0 saturated heterocycles. The van der Waals surface area contributed by atoms with Crippen LogP contribution in [0.4, 0.5) is 0 Å². The van der Waals surface area contributed by atoms with Gasteiger partial charge in [0.05, 0.1) is 0 Å². The normalized spacial score (nSPS) is 9.57. The molecular weight excluding hydrogens is 244 g/mol. The molecule has 0 radical (unpaired) electrons. The van der Waals surface area contributed by atoms with E-state index in [0.717, 1.165) is 0 Å². The topological polar surface area (TPSA) is 78.1 Å². The molecule has 0 aliphatic carbocycles. The Balaban J connectivity index is 2.99. The average molecular weight is 250 g/mol. The van der Waals surface area contributed by atoms with E-state index < -0.39 is 0 Å². The van der Waals surface area contributed by atoms with Crippen LogP contribution in [0.2, 0.25) is 0 Å². The van der Waals surface area contributed by atoms with Crippen LogP contribution in [0.25, 0.3) is 0 Å². The number of hydrogen-bond donors (Lipinski definition) is 3. The van der Waals surface area contributed by atoms with E-state index in [1.165, 1.54) is 23.6 Å². The third-order valence-corrected chi connectivity index (χ3v) is 5.14. The summed E-state index contributed by atoms with van der Waals surface area (Å²) in [5.74, 6) is 0. The maximum absolute atomic E-state index is 5.30. The van der Waals surface area contributed by atoms with E-state index in [0.29, 0.717) is 0 Å². The zero-order chi connectivity index (χ0) is 5.70. The fraction of sp³-hybridized carbons (Fsp3) is 0. The Bertz CT molecular complexity index is 34.4. The summed E-state index contributed by atoms with van der Waals surface area (Å²) in [6, 6.07) is 0. The molecule has 0 aliphatic rings. The molecule has 3 nitrogen and oxygen atoms in total. The Morgan fingerprint density at radius 2 is 1.71 bits per heavy atom. The first kappa shape index (κ1) is 8.37. The van der Waals surface area contributed by atoms with Gasteiger partial charge < -0.3 is 0 Å². The Hall–Kier alpha value is 1.37. The van der Waals surface area contributed by atoms with Gasteiger partial charge in [0.15, 0.2) is 0 Å². The summed E-state index contributed by atoms with van der Waals surface area (Å²) in [6.45, 7) is 0. The second-order valence-corrected chi connectivity index (χ2v) is 6.11. The summed E-state index contributed by atoms with van der Waals surface area (Å²) < 4.78 is 5.56. The molecule has 0 aliphatic heterocycles. The minimum absolute atomic E-state index is 0.263. The third kappa shape index (κ3) is 3.92. The van der Waals surface area contributed by atoms with Gasteiger partial charge in [-0.15, -0.1) is 0 Å². The van der Waals surface area contributed by atoms with Crippen LogP contribution in [0.15, 0.2) is 0 Å². The third-order valence-electron chi connectivity index (χ3n) is 0.317. The van der Waals surface area contributed by atoms with Crippen LogP contribution >= 0.6 is 23.6 Å². The van der Waals surface area contributed by atoms with Gasteiger partial charge in [-0.1, -0.05) is 0 Å².